The largest absolute Gasteiger partial charge is 0.458 e. The molecule has 0 rings (SSSR count). The van der Waals surface area contributed by atoms with Gasteiger partial charge in [-0.25, -0.2) is 13.2 Å². The second kappa shape index (κ2) is 6.49. The van der Waals surface area contributed by atoms with E-state index in [1.54, 1.807) is 0 Å². The summed E-state index contributed by atoms with van der Waals surface area (Å²) >= 11 is 0. The summed E-state index contributed by atoms with van der Waals surface area (Å²) in [7, 11) is -3.18. The molecule has 0 saturated carbocycles. The Morgan fingerprint density at radius 1 is 1.14 bits per heavy atom. The molecule has 0 spiro atoms. The van der Waals surface area contributed by atoms with Crippen molar-refractivity contribution >= 4 is 16.0 Å². The van der Waals surface area contributed by atoms with Crippen molar-refractivity contribution in [2.24, 2.45) is 0 Å². The van der Waals surface area contributed by atoms with E-state index in [4.69, 9.17) is 0 Å². The monoisotopic (exact) mass is 335 g/mol. The molecule has 0 fully saturated rings. The van der Waals surface area contributed by atoms with E-state index in [9.17, 15) is 26.4 Å². The van der Waals surface area contributed by atoms with Crippen LogP contribution in [0.3, 0.4) is 0 Å². The van der Waals surface area contributed by atoms with E-state index in [1.165, 1.54) is 32.6 Å². The van der Waals surface area contributed by atoms with Crippen molar-refractivity contribution in [1.29, 1.82) is 0 Å². The fourth-order valence-corrected chi connectivity index (χ4v) is 2.46. The molecule has 1 unspecified atom stereocenters. The van der Waals surface area contributed by atoms with Crippen LogP contribution in [0.1, 0.15) is 27.7 Å². The Balaban J connectivity index is 5.44. The minimum absolute atomic E-state index is 0.308. The summed E-state index contributed by atoms with van der Waals surface area (Å²) in [6.07, 6.45) is -5.16. The van der Waals surface area contributed by atoms with Crippen molar-refractivity contribution in [2.75, 3.05) is 19.5 Å². The van der Waals surface area contributed by atoms with E-state index in [-0.39, 0.29) is 6.61 Å². The molecular weight excluding hydrogens is 315 g/mol. The number of hydrogen-bond donors (Lipinski definition) is 1. The van der Waals surface area contributed by atoms with Crippen LogP contribution < -0.4 is 4.72 Å². The zero-order chi connectivity index (χ0) is 17.1. The van der Waals surface area contributed by atoms with Gasteiger partial charge < -0.3 is 9.47 Å². The second-order valence-electron chi connectivity index (χ2n) is 5.54. The van der Waals surface area contributed by atoms with Crippen LogP contribution in [-0.4, -0.2) is 51.2 Å². The first-order valence-electron chi connectivity index (χ1n) is 5.95. The molecule has 0 aromatic rings. The Morgan fingerprint density at radius 2 is 1.62 bits per heavy atom. The molecule has 126 valence electrons. The molecule has 0 radical (unpaired) electrons. The van der Waals surface area contributed by atoms with E-state index < -0.39 is 39.1 Å². The number of alkyl halides is 3. The van der Waals surface area contributed by atoms with Crippen LogP contribution in [0.5, 0.6) is 0 Å². The maximum Gasteiger partial charge on any atom is 0.418 e. The number of sulfonamides is 1. The minimum atomic E-state index is -5.16. The van der Waals surface area contributed by atoms with E-state index in [0.29, 0.717) is 6.92 Å². The van der Waals surface area contributed by atoms with Gasteiger partial charge in [0.2, 0.25) is 15.6 Å². The van der Waals surface area contributed by atoms with Gasteiger partial charge in [-0.1, -0.05) is 0 Å². The molecule has 0 amide bonds. The lowest BCUT2D eigenvalue weighted by Crippen LogP contribution is -2.63. The molecular formula is C11H20F3NO5S. The lowest BCUT2D eigenvalue weighted by atomic mass is 10.0. The number of carbonyl (C=O) groups is 1. The third-order valence-corrected chi connectivity index (χ3v) is 3.71. The smallest absolute Gasteiger partial charge is 0.418 e. The number of halogens is 3. The van der Waals surface area contributed by atoms with Gasteiger partial charge in [0, 0.05) is 7.11 Å². The van der Waals surface area contributed by atoms with Gasteiger partial charge in [0.1, 0.15) is 5.60 Å². The predicted octanol–water partition coefficient (Wildman–Crippen LogP) is 1.21. The van der Waals surface area contributed by atoms with E-state index in [2.05, 4.69) is 9.47 Å². The first-order valence-corrected chi connectivity index (χ1v) is 7.60. The fraction of sp³-hybridized carbons (Fsp3) is 0.909. The van der Waals surface area contributed by atoms with Crippen LogP contribution >= 0.6 is 0 Å². The lowest BCUT2D eigenvalue weighted by molar-refractivity contribution is -0.211. The van der Waals surface area contributed by atoms with Gasteiger partial charge in [0.25, 0.3) is 0 Å². The summed E-state index contributed by atoms with van der Waals surface area (Å²) in [5.74, 6) is -2.43. The summed E-state index contributed by atoms with van der Waals surface area (Å²) in [4.78, 5) is 11.8. The molecule has 0 saturated heterocycles. The third-order valence-electron chi connectivity index (χ3n) is 2.29. The van der Waals surface area contributed by atoms with Crippen LogP contribution in [0.2, 0.25) is 0 Å². The Hall–Kier alpha value is -0.870. The normalized spacial score (nSPS) is 16.4. The molecule has 0 heterocycles. The molecule has 0 aliphatic carbocycles. The zero-order valence-electron chi connectivity index (χ0n) is 12.5. The Morgan fingerprint density at radius 3 is 1.95 bits per heavy atom. The van der Waals surface area contributed by atoms with Gasteiger partial charge in [0.15, 0.2) is 0 Å². The molecule has 0 aliphatic rings. The summed E-state index contributed by atoms with van der Waals surface area (Å²) < 4.78 is 73.1. The number of ether oxygens (including phenoxy) is 2. The van der Waals surface area contributed by atoms with Gasteiger partial charge in [-0.05, 0) is 27.7 Å². The predicted molar refractivity (Wildman–Crippen MR) is 69.1 cm³/mol. The van der Waals surface area contributed by atoms with Crippen LogP contribution in [0, 0.1) is 0 Å². The van der Waals surface area contributed by atoms with Crippen molar-refractivity contribution < 1.29 is 35.9 Å². The quantitative estimate of drug-likeness (QED) is 0.738. The highest BCUT2D eigenvalue weighted by atomic mass is 32.2. The Labute approximate surface area is 122 Å². The molecule has 21 heavy (non-hydrogen) atoms. The van der Waals surface area contributed by atoms with Crippen molar-refractivity contribution in [2.45, 2.75) is 45.0 Å². The van der Waals surface area contributed by atoms with Crippen LogP contribution in [0.15, 0.2) is 0 Å². The summed E-state index contributed by atoms with van der Waals surface area (Å²) in [5, 5.41) is 0. The number of hydrogen-bond acceptors (Lipinski definition) is 5. The molecule has 6 nitrogen and oxygen atoms in total. The average Bonchev–Trinajstić information content (AvgIpc) is 2.21. The highest BCUT2D eigenvalue weighted by Crippen LogP contribution is 2.33. The molecule has 0 aliphatic heterocycles. The lowest BCUT2D eigenvalue weighted by Gasteiger charge is -2.33. The van der Waals surface area contributed by atoms with Gasteiger partial charge in [-0.15, -0.1) is 0 Å². The van der Waals surface area contributed by atoms with Gasteiger partial charge >= 0.3 is 12.1 Å². The number of esters is 1. The first-order chi connectivity index (χ1) is 9.15. The van der Waals surface area contributed by atoms with Crippen LogP contribution in [0.4, 0.5) is 13.2 Å². The van der Waals surface area contributed by atoms with Crippen molar-refractivity contribution in [3.8, 4) is 0 Å². The van der Waals surface area contributed by atoms with Crippen LogP contribution in [-0.2, 0) is 24.3 Å². The highest BCUT2D eigenvalue weighted by molar-refractivity contribution is 7.89. The van der Waals surface area contributed by atoms with Gasteiger partial charge in [0.05, 0.1) is 12.4 Å². The minimum Gasteiger partial charge on any atom is -0.458 e. The van der Waals surface area contributed by atoms with Gasteiger partial charge in [-0.3, -0.25) is 0 Å². The molecule has 1 N–H and O–H groups in total. The average molecular weight is 335 g/mol. The topological polar surface area (TPSA) is 81.7 Å². The zero-order valence-corrected chi connectivity index (χ0v) is 13.3. The summed E-state index contributed by atoms with van der Waals surface area (Å²) in [5.41, 5.74) is -4.56. The molecule has 0 bridgehead atoms. The molecule has 0 aromatic carbocycles. The molecule has 1 atom stereocenters. The van der Waals surface area contributed by atoms with Crippen molar-refractivity contribution in [3.05, 3.63) is 0 Å². The van der Waals surface area contributed by atoms with Crippen LogP contribution in [0.25, 0.3) is 0 Å². The summed E-state index contributed by atoms with van der Waals surface area (Å²) in [6.45, 7) is 4.24. The van der Waals surface area contributed by atoms with Gasteiger partial charge in [-0.2, -0.15) is 17.9 Å². The van der Waals surface area contributed by atoms with Crippen molar-refractivity contribution in [3.63, 3.8) is 0 Å². The summed E-state index contributed by atoms with van der Waals surface area (Å²) in [6, 6.07) is 0. The maximum atomic E-state index is 13.1. The highest BCUT2D eigenvalue weighted by Gasteiger charge is 2.60. The molecule has 10 heteroatoms. The second-order valence-corrected chi connectivity index (χ2v) is 7.38. The Kier molecular flexibility index (Phi) is 6.22. The van der Waals surface area contributed by atoms with E-state index in [1.807, 2.05) is 0 Å². The number of nitrogens with one attached hydrogen (secondary N) is 1. The van der Waals surface area contributed by atoms with E-state index >= 15 is 0 Å². The fourth-order valence-electron chi connectivity index (χ4n) is 1.15. The Bertz CT molecular complexity index is 469. The van der Waals surface area contributed by atoms with Crippen molar-refractivity contribution in [1.82, 2.24) is 4.72 Å². The maximum absolute atomic E-state index is 13.1. The third kappa shape index (κ3) is 6.18. The first kappa shape index (κ1) is 20.1. The SMILES string of the molecule is COCCS(=O)(=O)NC(C)(C(=O)OC(C)(C)C)C(F)(F)F. The standard InChI is InChI=1S/C11H20F3NO5S/c1-9(2,3)20-8(16)10(4,11(12,13)14)15-21(17,18)7-6-19-5/h15H,6-7H2,1-5H3. The number of methoxy groups -OCH3 is 1. The molecule has 0 aromatic heterocycles. The number of rotatable bonds is 6. The van der Waals surface area contributed by atoms with E-state index in [0.717, 1.165) is 0 Å². The number of carbonyl (C=O) groups excluding carboxylic acids is 1.